The molecule has 0 aliphatic carbocycles. The van der Waals surface area contributed by atoms with E-state index in [9.17, 15) is 4.79 Å². The summed E-state index contributed by atoms with van der Waals surface area (Å²) in [5.74, 6) is -0.857. The van der Waals surface area contributed by atoms with Crippen LogP contribution in [0.5, 0.6) is 0 Å². The lowest BCUT2D eigenvalue weighted by Gasteiger charge is -2.25. The molecule has 0 aliphatic rings. The fraction of sp³-hybridized carbons (Fsp3) is 0.583. The van der Waals surface area contributed by atoms with Crippen LogP contribution in [0.3, 0.4) is 0 Å². The van der Waals surface area contributed by atoms with Crippen LogP contribution in [0.2, 0.25) is 0 Å². The van der Waals surface area contributed by atoms with Crippen molar-refractivity contribution in [3.8, 4) is 0 Å². The summed E-state index contributed by atoms with van der Waals surface area (Å²) < 4.78 is 0. The molecule has 17 heavy (non-hydrogen) atoms. The number of carboxylic acid groups (broad SMARTS) is 1. The number of hydrogen-bond donors (Lipinski definition) is 4. The number of H-pyrrole nitrogens is 1. The predicted octanol–water partition coefficient (Wildman–Crippen LogP) is 0.684. The molecule has 1 aromatic rings. The lowest BCUT2D eigenvalue weighted by molar-refractivity contribution is -0.137. The van der Waals surface area contributed by atoms with E-state index >= 15 is 0 Å². The first kappa shape index (κ1) is 13.7. The normalized spacial score (nSPS) is 13.6. The summed E-state index contributed by atoms with van der Waals surface area (Å²) in [5, 5.41) is 11.8. The Morgan fingerprint density at radius 1 is 1.65 bits per heavy atom. The van der Waals surface area contributed by atoms with E-state index in [-0.39, 0.29) is 17.9 Å². The summed E-state index contributed by atoms with van der Waals surface area (Å²) in [6.07, 6.45) is 3.86. The van der Waals surface area contributed by atoms with Gasteiger partial charge in [-0.15, -0.1) is 0 Å². The highest BCUT2D eigenvalue weighted by molar-refractivity contribution is 5.67. The molecule has 0 aliphatic heterocycles. The number of carbonyl (C=O) groups is 1. The molecule has 0 saturated heterocycles. The lowest BCUT2D eigenvalue weighted by atomic mass is 9.86. The first-order valence-corrected chi connectivity index (χ1v) is 5.73. The zero-order valence-corrected chi connectivity index (χ0v) is 10.4. The Hall–Kier alpha value is -1.33. The number of rotatable bonds is 7. The molecule has 0 fully saturated rings. The van der Waals surface area contributed by atoms with E-state index in [0.29, 0.717) is 6.54 Å². The van der Waals surface area contributed by atoms with E-state index in [1.54, 1.807) is 0 Å². The Kier molecular flexibility index (Phi) is 4.72. The molecule has 0 amide bonds. The molecule has 0 radical (unpaired) electrons. The van der Waals surface area contributed by atoms with Gasteiger partial charge in [-0.3, -0.25) is 4.79 Å². The minimum atomic E-state index is -0.857. The minimum absolute atomic E-state index is 0.00240. The second-order valence-corrected chi connectivity index (χ2v) is 4.97. The highest BCUT2D eigenvalue weighted by atomic mass is 16.4. The highest BCUT2D eigenvalue weighted by Crippen LogP contribution is 2.21. The van der Waals surface area contributed by atoms with Crippen molar-refractivity contribution >= 4 is 5.97 Å². The molecule has 0 saturated carbocycles. The molecule has 0 bridgehead atoms. The molecular weight excluding hydrogens is 218 g/mol. The number of aromatic amines is 1. The number of aliphatic carboxylic acids is 1. The van der Waals surface area contributed by atoms with Crippen molar-refractivity contribution in [2.75, 3.05) is 13.1 Å². The fourth-order valence-corrected chi connectivity index (χ4v) is 1.71. The van der Waals surface area contributed by atoms with Crippen molar-refractivity contribution in [1.29, 1.82) is 0 Å². The minimum Gasteiger partial charge on any atom is -0.481 e. The van der Waals surface area contributed by atoms with Gasteiger partial charge in [0.25, 0.3) is 0 Å². The largest absolute Gasteiger partial charge is 0.481 e. The molecule has 96 valence electrons. The number of hydrogen-bond acceptors (Lipinski definition) is 3. The third-order valence-corrected chi connectivity index (χ3v) is 2.79. The van der Waals surface area contributed by atoms with Crippen molar-refractivity contribution in [2.45, 2.75) is 31.7 Å². The van der Waals surface area contributed by atoms with Gasteiger partial charge >= 0.3 is 5.97 Å². The van der Waals surface area contributed by atoms with Gasteiger partial charge in [0.2, 0.25) is 0 Å². The van der Waals surface area contributed by atoms with E-state index in [1.165, 1.54) is 5.56 Å². The number of aromatic nitrogens is 1. The Morgan fingerprint density at radius 3 is 2.88 bits per heavy atom. The van der Waals surface area contributed by atoms with Crippen molar-refractivity contribution in [1.82, 2.24) is 10.3 Å². The Balaban J connectivity index is 2.33. The Morgan fingerprint density at radius 2 is 2.35 bits per heavy atom. The van der Waals surface area contributed by atoms with Gasteiger partial charge in [0, 0.05) is 36.9 Å². The molecule has 1 rings (SSSR count). The van der Waals surface area contributed by atoms with Gasteiger partial charge < -0.3 is 21.1 Å². The Bertz CT molecular complexity index is 347. The smallest absolute Gasteiger partial charge is 0.304 e. The molecule has 1 heterocycles. The van der Waals surface area contributed by atoms with E-state index in [4.69, 9.17) is 10.8 Å². The molecule has 0 aromatic carbocycles. The maximum atomic E-state index is 10.4. The molecule has 1 unspecified atom stereocenters. The third kappa shape index (κ3) is 4.58. The zero-order valence-electron chi connectivity index (χ0n) is 10.4. The van der Waals surface area contributed by atoms with Crippen LogP contribution in [0.1, 0.15) is 25.8 Å². The maximum absolute atomic E-state index is 10.4. The first-order valence-electron chi connectivity index (χ1n) is 5.73. The predicted molar refractivity (Wildman–Crippen MR) is 66.9 cm³/mol. The van der Waals surface area contributed by atoms with Crippen LogP contribution >= 0.6 is 0 Å². The van der Waals surface area contributed by atoms with E-state index in [0.717, 1.165) is 6.54 Å². The summed E-state index contributed by atoms with van der Waals surface area (Å²) in [5.41, 5.74) is 6.90. The standard InChI is InChI=1S/C12H21N3O2/c1-12(2,9-3-4-14-6-9)8-15-7-10(13)5-11(16)17/h3-4,6,10,14-15H,5,7-8,13H2,1-2H3,(H,16,17). The van der Waals surface area contributed by atoms with Crippen LogP contribution in [-0.2, 0) is 10.2 Å². The SMILES string of the molecule is CC(C)(CNCC(N)CC(=O)O)c1cc[nH]c1. The zero-order chi connectivity index (χ0) is 12.9. The molecule has 1 aromatic heterocycles. The summed E-state index contributed by atoms with van der Waals surface area (Å²) in [4.78, 5) is 13.5. The first-order chi connectivity index (χ1) is 7.92. The number of nitrogens with one attached hydrogen (secondary N) is 2. The van der Waals surface area contributed by atoms with Gasteiger partial charge in [-0.1, -0.05) is 13.8 Å². The average Bonchev–Trinajstić information content (AvgIpc) is 2.68. The van der Waals surface area contributed by atoms with E-state index in [1.807, 2.05) is 18.5 Å². The van der Waals surface area contributed by atoms with Crippen molar-refractivity contribution in [2.24, 2.45) is 5.73 Å². The van der Waals surface area contributed by atoms with Crippen molar-refractivity contribution in [3.05, 3.63) is 24.0 Å². The van der Waals surface area contributed by atoms with Crippen LogP contribution < -0.4 is 11.1 Å². The summed E-state index contributed by atoms with van der Waals surface area (Å²) in [7, 11) is 0. The fourth-order valence-electron chi connectivity index (χ4n) is 1.71. The van der Waals surface area contributed by atoms with Crippen molar-refractivity contribution < 1.29 is 9.90 Å². The van der Waals surface area contributed by atoms with Crippen LogP contribution in [0.4, 0.5) is 0 Å². The second-order valence-electron chi connectivity index (χ2n) is 4.97. The summed E-state index contributed by atoms with van der Waals surface area (Å²) in [6.45, 7) is 5.54. The van der Waals surface area contributed by atoms with Gasteiger partial charge in [-0.25, -0.2) is 0 Å². The molecular formula is C12H21N3O2. The van der Waals surface area contributed by atoms with Crippen molar-refractivity contribution in [3.63, 3.8) is 0 Å². The molecule has 5 heteroatoms. The second kappa shape index (κ2) is 5.84. The highest BCUT2D eigenvalue weighted by Gasteiger charge is 2.20. The molecule has 0 spiro atoms. The average molecular weight is 239 g/mol. The third-order valence-electron chi connectivity index (χ3n) is 2.79. The van der Waals surface area contributed by atoms with E-state index < -0.39 is 5.97 Å². The lowest BCUT2D eigenvalue weighted by Crippen LogP contribution is -2.40. The monoisotopic (exact) mass is 239 g/mol. The van der Waals surface area contributed by atoms with Crippen LogP contribution in [0, 0.1) is 0 Å². The topological polar surface area (TPSA) is 91.1 Å². The van der Waals surface area contributed by atoms with Crippen LogP contribution in [-0.4, -0.2) is 35.2 Å². The van der Waals surface area contributed by atoms with Gasteiger partial charge in [0.15, 0.2) is 0 Å². The van der Waals surface area contributed by atoms with E-state index in [2.05, 4.69) is 24.1 Å². The van der Waals surface area contributed by atoms with Gasteiger partial charge in [0.1, 0.15) is 0 Å². The van der Waals surface area contributed by atoms with Crippen LogP contribution in [0.15, 0.2) is 18.5 Å². The maximum Gasteiger partial charge on any atom is 0.304 e. The summed E-state index contributed by atoms with van der Waals surface area (Å²) >= 11 is 0. The van der Waals surface area contributed by atoms with Gasteiger partial charge in [-0.05, 0) is 11.6 Å². The summed E-state index contributed by atoms with van der Waals surface area (Å²) in [6, 6.07) is 1.70. The Labute approximate surface area is 101 Å². The number of carboxylic acids is 1. The van der Waals surface area contributed by atoms with Gasteiger partial charge in [-0.2, -0.15) is 0 Å². The number of nitrogens with two attached hydrogens (primary N) is 1. The van der Waals surface area contributed by atoms with Gasteiger partial charge in [0.05, 0.1) is 6.42 Å². The molecule has 1 atom stereocenters. The van der Waals surface area contributed by atoms with Crippen LogP contribution in [0.25, 0.3) is 0 Å². The quantitative estimate of drug-likeness (QED) is 0.563. The molecule has 5 nitrogen and oxygen atoms in total. The molecule has 5 N–H and O–H groups in total.